The molecule has 2 amide bonds. The molecular formula is C23H20N4O4. The molecule has 0 unspecified atom stereocenters. The highest BCUT2D eigenvalue weighted by Gasteiger charge is 2.13. The number of hydrogen-bond acceptors (Lipinski definition) is 5. The molecule has 2 heterocycles. The number of nitrogens with one attached hydrogen (secondary N) is 2. The summed E-state index contributed by atoms with van der Waals surface area (Å²) in [6.07, 6.45) is 6.70. The van der Waals surface area contributed by atoms with Gasteiger partial charge in [0.1, 0.15) is 12.4 Å². The van der Waals surface area contributed by atoms with E-state index in [-0.39, 0.29) is 17.6 Å². The summed E-state index contributed by atoms with van der Waals surface area (Å²) in [4.78, 5) is 28.9. The lowest BCUT2D eigenvalue weighted by Gasteiger charge is -2.13. The lowest BCUT2D eigenvalue weighted by molar-refractivity contribution is 0.0993. The second kappa shape index (κ2) is 9.45. The summed E-state index contributed by atoms with van der Waals surface area (Å²) in [6.45, 7) is 1.07. The van der Waals surface area contributed by atoms with Crippen molar-refractivity contribution in [1.29, 1.82) is 0 Å². The van der Waals surface area contributed by atoms with Gasteiger partial charge in [-0.25, -0.2) is 4.98 Å². The van der Waals surface area contributed by atoms with Crippen LogP contribution in [0.5, 0.6) is 5.75 Å². The fourth-order valence-corrected chi connectivity index (χ4v) is 2.91. The second-order valence-corrected chi connectivity index (χ2v) is 6.61. The van der Waals surface area contributed by atoms with Crippen LogP contribution in [0.2, 0.25) is 0 Å². The van der Waals surface area contributed by atoms with Crippen molar-refractivity contribution in [1.82, 2.24) is 9.55 Å². The molecule has 8 heteroatoms. The van der Waals surface area contributed by atoms with Crippen LogP contribution in [0.3, 0.4) is 0 Å². The molecule has 4 aromatic rings. The molecule has 0 radical (unpaired) electrons. The molecule has 0 aliphatic heterocycles. The minimum Gasteiger partial charge on any atom is -0.490 e. The molecule has 0 bridgehead atoms. The zero-order valence-electron chi connectivity index (χ0n) is 16.5. The van der Waals surface area contributed by atoms with Crippen LogP contribution >= 0.6 is 0 Å². The minimum absolute atomic E-state index is 0.191. The van der Waals surface area contributed by atoms with E-state index in [2.05, 4.69) is 15.6 Å². The first-order valence-electron chi connectivity index (χ1n) is 9.63. The maximum absolute atomic E-state index is 12.8. The molecule has 0 saturated carbocycles. The van der Waals surface area contributed by atoms with Gasteiger partial charge in [0.05, 0.1) is 24.8 Å². The zero-order valence-corrected chi connectivity index (χ0v) is 16.5. The smallest absolute Gasteiger partial charge is 0.291 e. The first kappa shape index (κ1) is 20.0. The Balaban J connectivity index is 1.40. The van der Waals surface area contributed by atoms with Crippen LogP contribution in [0.25, 0.3) is 0 Å². The lowest BCUT2D eigenvalue weighted by atomic mass is 10.1. The van der Waals surface area contributed by atoms with E-state index in [1.165, 1.54) is 6.26 Å². The van der Waals surface area contributed by atoms with Crippen molar-refractivity contribution in [3.63, 3.8) is 0 Å². The van der Waals surface area contributed by atoms with Crippen molar-refractivity contribution in [2.45, 2.75) is 6.54 Å². The van der Waals surface area contributed by atoms with Crippen LogP contribution in [-0.2, 0) is 6.54 Å². The van der Waals surface area contributed by atoms with Gasteiger partial charge in [-0.2, -0.15) is 0 Å². The number of imidazole rings is 1. The molecule has 0 spiro atoms. The number of amides is 2. The first-order valence-corrected chi connectivity index (χ1v) is 9.63. The highest BCUT2D eigenvalue weighted by Crippen LogP contribution is 2.25. The van der Waals surface area contributed by atoms with Gasteiger partial charge in [0.15, 0.2) is 5.76 Å². The van der Waals surface area contributed by atoms with Crippen LogP contribution < -0.4 is 15.4 Å². The number of para-hydroxylation sites is 2. The molecule has 2 aromatic heterocycles. The number of anilines is 2. The Bertz CT molecular complexity index is 1150. The third-order valence-electron chi connectivity index (χ3n) is 4.43. The molecule has 0 saturated heterocycles. The van der Waals surface area contributed by atoms with Crippen LogP contribution in [0, 0.1) is 0 Å². The minimum atomic E-state index is -0.390. The van der Waals surface area contributed by atoms with Crippen molar-refractivity contribution < 1.29 is 18.7 Å². The molecule has 8 nitrogen and oxygen atoms in total. The first-order chi connectivity index (χ1) is 15.2. The van der Waals surface area contributed by atoms with Gasteiger partial charge in [0.2, 0.25) is 0 Å². The fourth-order valence-electron chi connectivity index (χ4n) is 2.91. The van der Waals surface area contributed by atoms with Crippen LogP contribution in [0.4, 0.5) is 11.4 Å². The van der Waals surface area contributed by atoms with E-state index in [1.807, 2.05) is 22.9 Å². The summed E-state index contributed by atoms with van der Waals surface area (Å²) in [5.41, 5.74) is 1.44. The molecule has 4 rings (SSSR count). The molecule has 2 N–H and O–H groups in total. The Hall–Kier alpha value is -4.33. The standard InChI is InChI=1S/C23H20N4O4/c28-22(17-5-3-6-18(15-17)25-23(29)21-9-4-13-30-21)26-19-7-1-2-8-20(19)31-14-12-27-11-10-24-16-27/h1-11,13,15-16H,12,14H2,(H,25,29)(H,26,28). The quantitative estimate of drug-likeness (QED) is 0.451. The molecule has 2 aromatic carbocycles. The average Bonchev–Trinajstić information content (AvgIpc) is 3.50. The zero-order chi connectivity index (χ0) is 21.5. The van der Waals surface area contributed by atoms with E-state index in [1.54, 1.807) is 61.1 Å². The monoisotopic (exact) mass is 416 g/mol. The van der Waals surface area contributed by atoms with Gasteiger partial charge in [-0.05, 0) is 42.5 Å². The van der Waals surface area contributed by atoms with Gasteiger partial charge < -0.3 is 24.4 Å². The number of ether oxygens (including phenoxy) is 1. The average molecular weight is 416 g/mol. The summed E-state index contributed by atoms with van der Waals surface area (Å²) >= 11 is 0. The van der Waals surface area contributed by atoms with E-state index in [0.717, 1.165) is 0 Å². The van der Waals surface area contributed by atoms with E-state index in [4.69, 9.17) is 9.15 Å². The summed E-state index contributed by atoms with van der Waals surface area (Å²) < 4.78 is 12.8. The SMILES string of the molecule is O=C(Nc1ccccc1OCCn1ccnc1)c1cccc(NC(=O)c2ccco2)c1. The maximum Gasteiger partial charge on any atom is 0.291 e. The Kier molecular flexibility index (Phi) is 6.08. The highest BCUT2D eigenvalue weighted by atomic mass is 16.5. The van der Waals surface area contributed by atoms with Crippen molar-refractivity contribution in [2.75, 3.05) is 17.2 Å². The predicted octanol–water partition coefficient (Wildman–Crippen LogP) is 4.06. The fraction of sp³-hybridized carbons (Fsp3) is 0.0870. The number of hydrogen-bond donors (Lipinski definition) is 2. The van der Waals surface area contributed by atoms with Crippen molar-refractivity contribution in [2.24, 2.45) is 0 Å². The number of carbonyl (C=O) groups is 2. The molecule has 156 valence electrons. The van der Waals surface area contributed by atoms with Crippen molar-refractivity contribution >= 4 is 23.2 Å². The van der Waals surface area contributed by atoms with E-state index >= 15 is 0 Å². The number of nitrogens with zero attached hydrogens (tertiary/aromatic N) is 2. The molecule has 0 aliphatic rings. The number of aromatic nitrogens is 2. The van der Waals surface area contributed by atoms with Crippen molar-refractivity contribution in [3.8, 4) is 5.75 Å². The van der Waals surface area contributed by atoms with Gasteiger partial charge in [0.25, 0.3) is 11.8 Å². The second-order valence-electron chi connectivity index (χ2n) is 6.61. The van der Waals surface area contributed by atoms with Gasteiger partial charge in [-0.1, -0.05) is 18.2 Å². The lowest BCUT2D eigenvalue weighted by Crippen LogP contribution is -2.15. The molecular weight excluding hydrogens is 396 g/mol. The van der Waals surface area contributed by atoms with E-state index in [9.17, 15) is 9.59 Å². The third kappa shape index (κ3) is 5.18. The largest absolute Gasteiger partial charge is 0.490 e. The molecule has 0 fully saturated rings. The third-order valence-corrected chi connectivity index (χ3v) is 4.43. The highest BCUT2D eigenvalue weighted by molar-refractivity contribution is 6.07. The summed E-state index contributed by atoms with van der Waals surface area (Å²) in [7, 11) is 0. The summed E-state index contributed by atoms with van der Waals surface area (Å²) in [6, 6.07) is 17.1. The summed E-state index contributed by atoms with van der Waals surface area (Å²) in [5.74, 6) is 0.0498. The molecule has 31 heavy (non-hydrogen) atoms. The van der Waals surface area contributed by atoms with Gasteiger partial charge in [0, 0.05) is 23.6 Å². The van der Waals surface area contributed by atoms with E-state index in [0.29, 0.717) is 35.8 Å². The van der Waals surface area contributed by atoms with Gasteiger partial charge >= 0.3 is 0 Å². The van der Waals surface area contributed by atoms with Crippen LogP contribution in [0.15, 0.2) is 90.1 Å². The normalized spacial score (nSPS) is 10.5. The number of rotatable bonds is 8. The molecule has 0 atom stereocenters. The van der Waals surface area contributed by atoms with Gasteiger partial charge in [-0.15, -0.1) is 0 Å². The Morgan fingerprint density at radius 2 is 1.90 bits per heavy atom. The number of carbonyl (C=O) groups excluding carboxylic acids is 2. The topological polar surface area (TPSA) is 98.4 Å². The Morgan fingerprint density at radius 1 is 1.00 bits per heavy atom. The maximum atomic E-state index is 12.8. The Labute approximate surface area is 178 Å². The number of furan rings is 1. The Morgan fingerprint density at radius 3 is 2.71 bits per heavy atom. The number of benzene rings is 2. The van der Waals surface area contributed by atoms with Gasteiger partial charge in [-0.3, -0.25) is 9.59 Å². The van der Waals surface area contributed by atoms with Crippen LogP contribution in [-0.4, -0.2) is 28.0 Å². The predicted molar refractivity (Wildman–Crippen MR) is 115 cm³/mol. The van der Waals surface area contributed by atoms with E-state index < -0.39 is 0 Å². The molecule has 0 aliphatic carbocycles. The van der Waals surface area contributed by atoms with Crippen LogP contribution in [0.1, 0.15) is 20.9 Å². The summed E-state index contributed by atoms with van der Waals surface area (Å²) in [5, 5.41) is 5.58. The van der Waals surface area contributed by atoms with Crippen molar-refractivity contribution in [3.05, 3.63) is 97.0 Å².